The van der Waals surface area contributed by atoms with Crippen molar-refractivity contribution >= 4 is 24.2 Å². The second kappa shape index (κ2) is 6.38. The Morgan fingerprint density at radius 1 is 1.33 bits per heavy atom. The quantitative estimate of drug-likeness (QED) is 0.680. The first-order valence-electron chi connectivity index (χ1n) is 6.45. The molecule has 104 valence electrons. The molecule has 0 aromatic carbocycles. The Morgan fingerprint density at radius 3 is 2.72 bits per heavy atom. The van der Waals surface area contributed by atoms with Crippen LogP contribution in [0.15, 0.2) is 0 Å². The highest BCUT2D eigenvalue weighted by molar-refractivity contribution is 5.92. The number of carbonyl (C=O) groups is 2. The fraction of sp³-hybridized carbons (Fsp3) is 0.833. The third-order valence-electron chi connectivity index (χ3n) is 3.71. The number of nitrogens with one attached hydrogen (secondary N) is 3. The van der Waals surface area contributed by atoms with Crippen molar-refractivity contribution in [2.24, 2.45) is 0 Å². The van der Waals surface area contributed by atoms with Crippen LogP contribution in [0.5, 0.6) is 0 Å². The normalized spacial score (nSPS) is 32.1. The van der Waals surface area contributed by atoms with Gasteiger partial charge in [-0.05, 0) is 45.6 Å². The molecular weight excluding hydrogens is 254 g/mol. The second-order valence-electron chi connectivity index (χ2n) is 5.18. The molecule has 0 aromatic rings. The summed E-state index contributed by atoms with van der Waals surface area (Å²) in [5, 5.41) is 8.90. The summed E-state index contributed by atoms with van der Waals surface area (Å²) in [4.78, 5) is 23.8. The van der Waals surface area contributed by atoms with Gasteiger partial charge in [-0.1, -0.05) is 0 Å². The average Bonchev–Trinajstić information content (AvgIpc) is 2.33. The van der Waals surface area contributed by atoms with E-state index in [4.69, 9.17) is 0 Å². The lowest BCUT2D eigenvalue weighted by molar-refractivity contribution is -0.133. The van der Waals surface area contributed by atoms with Crippen molar-refractivity contribution in [3.8, 4) is 0 Å². The Bertz CT molecular complexity index is 316. The summed E-state index contributed by atoms with van der Waals surface area (Å²) in [6, 6.07) is -0.350. The lowest BCUT2D eigenvalue weighted by Gasteiger charge is -2.35. The van der Waals surface area contributed by atoms with E-state index in [-0.39, 0.29) is 30.3 Å². The molecule has 0 spiro atoms. The van der Waals surface area contributed by atoms with E-state index in [2.05, 4.69) is 16.0 Å². The standard InChI is InChI=1S/C12H21N3O2.ClH/c1-12(6-2-3-8-14-12)11(17)15-9-5-4-7-13-10(9)16;/h9,14H,2-8H2,1H3,(H,13,16)(H,15,17);1H. The number of hydrogen-bond donors (Lipinski definition) is 3. The molecule has 6 heteroatoms. The molecule has 2 unspecified atom stereocenters. The van der Waals surface area contributed by atoms with Gasteiger partial charge < -0.3 is 16.0 Å². The van der Waals surface area contributed by atoms with E-state index in [1.807, 2.05) is 6.92 Å². The van der Waals surface area contributed by atoms with Crippen LogP contribution in [0, 0.1) is 0 Å². The molecule has 2 atom stereocenters. The number of hydrogen-bond acceptors (Lipinski definition) is 3. The summed E-state index contributed by atoms with van der Waals surface area (Å²) in [6.07, 6.45) is 4.70. The molecule has 0 aromatic heterocycles. The first-order valence-corrected chi connectivity index (χ1v) is 6.45. The highest BCUT2D eigenvalue weighted by Gasteiger charge is 2.36. The van der Waals surface area contributed by atoms with Crippen molar-refractivity contribution in [1.82, 2.24) is 16.0 Å². The molecule has 3 N–H and O–H groups in total. The topological polar surface area (TPSA) is 70.2 Å². The van der Waals surface area contributed by atoms with Gasteiger partial charge in [0.15, 0.2) is 0 Å². The maximum Gasteiger partial charge on any atom is 0.242 e. The predicted molar refractivity (Wildman–Crippen MR) is 71.7 cm³/mol. The molecule has 2 amide bonds. The van der Waals surface area contributed by atoms with Gasteiger partial charge in [0.25, 0.3) is 0 Å². The smallest absolute Gasteiger partial charge is 0.242 e. The Morgan fingerprint density at radius 2 is 2.11 bits per heavy atom. The largest absolute Gasteiger partial charge is 0.354 e. The SMILES string of the molecule is CC1(C(=O)NC2CCCNC2=O)CCCCN1.Cl. The summed E-state index contributed by atoms with van der Waals surface area (Å²) >= 11 is 0. The van der Waals surface area contributed by atoms with Gasteiger partial charge in [0, 0.05) is 6.54 Å². The van der Waals surface area contributed by atoms with Crippen LogP contribution < -0.4 is 16.0 Å². The van der Waals surface area contributed by atoms with Crippen molar-refractivity contribution in [3.05, 3.63) is 0 Å². The van der Waals surface area contributed by atoms with Gasteiger partial charge in [0.2, 0.25) is 11.8 Å². The van der Waals surface area contributed by atoms with Gasteiger partial charge in [-0.25, -0.2) is 0 Å². The predicted octanol–water partition coefficient (Wildman–Crippen LogP) is 0.335. The molecule has 2 aliphatic heterocycles. The number of halogens is 1. The summed E-state index contributed by atoms with van der Waals surface area (Å²) in [6.45, 7) is 3.52. The van der Waals surface area contributed by atoms with E-state index in [1.165, 1.54) is 0 Å². The molecule has 2 aliphatic rings. The zero-order valence-corrected chi connectivity index (χ0v) is 11.6. The molecule has 0 aliphatic carbocycles. The molecular formula is C12H22ClN3O2. The fourth-order valence-corrected chi connectivity index (χ4v) is 2.48. The van der Waals surface area contributed by atoms with Crippen LogP contribution in [-0.2, 0) is 9.59 Å². The maximum absolute atomic E-state index is 12.2. The van der Waals surface area contributed by atoms with Crippen molar-refractivity contribution < 1.29 is 9.59 Å². The summed E-state index contributed by atoms with van der Waals surface area (Å²) in [5.41, 5.74) is -0.504. The minimum absolute atomic E-state index is 0. The van der Waals surface area contributed by atoms with Gasteiger partial charge >= 0.3 is 0 Å². The van der Waals surface area contributed by atoms with Crippen LogP contribution in [0.1, 0.15) is 39.0 Å². The Balaban J connectivity index is 0.00000162. The number of carbonyl (C=O) groups excluding carboxylic acids is 2. The van der Waals surface area contributed by atoms with Gasteiger partial charge in [0.1, 0.15) is 6.04 Å². The maximum atomic E-state index is 12.2. The third-order valence-corrected chi connectivity index (χ3v) is 3.71. The minimum atomic E-state index is -0.504. The lowest BCUT2D eigenvalue weighted by Crippen LogP contribution is -2.61. The molecule has 5 nitrogen and oxygen atoms in total. The average molecular weight is 276 g/mol. The zero-order valence-electron chi connectivity index (χ0n) is 10.8. The minimum Gasteiger partial charge on any atom is -0.354 e. The zero-order chi connectivity index (χ0) is 12.3. The van der Waals surface area contributed by atoms with E-state index in [0.29, 0.717) is 0 Å². The lowest BCUT2D eigenvalue weighted by atomic mass is 9.89. The summed E-state index contributed by atoms with van der Waals surface area (Å²) < 4.78 is 0. The van der Waals surface area contributed by atoms with Crippen LogP contribution in [0.4, 0.5) is 0 Å². The first kappa shape index (κ1) is 15.2. The van der Waals surface area contributed by atoms with Crippen molar-refractivity contribution in [1.29, 1.82) is 0 Å². The number of amides is 2. The highest BCUT2D eigenvalue weighted by Crippen LogP contribution is 2.19. The van der Waals surface area contributed by atoms with Crippen molar-refractivity contribution in [2.45, 2.75) is 50.6 Å². The van der Waals surface area contributed by atoms with Crippen molar-refractivity contribution in [3.63, 3.8) is 0 Å². The molecule has 2 heterocycles. The van der Waals surface area contributed by atoms with E-state index in [1.54, 1.807) is 0 Å². The van der Waals surface area contributed by atoms with E-state index in [9.17, 15) is 9.59 Å². The second-order valence-corrected chi connectivity index (χ2v) is 5.18. The molecule has 0 radical (unpaired) electrons. The summed E-state index contributed by atoms with van der Waals surface area (Å²) in [5.74, 6) is -0.0942. The molecule has 2 fully saturated rings. The number of piperidine rings is 2. The van der Waals surface area contributed by atoms with Crippen LogP contribution in [-0.4, -0.2) is 36.5 Å². The van der Waals surface area contributed by atoms with Gasteiger partial charge in [-0.15, -0.1) is 12.4 Å². The molecule has 2 saturated heterocycles. The Labute approximate surface area is 114 Å². The van der Waals surface area contributed by atoms with Crippen molar-refractivity contribution in [2.75, 3.05) is 13.1 Å². The molecule has 18 heavy (non-hydrogen) atoms. The Hall–Kier alpha value is -0.810. The Kier molecular flexibility index (Phi) is 5.41. The molecule has 0 saturated carbocycles. The third kappa shape index (κ3) is 3.36. The van der Waals surface area contributed by atoms with Crippen LogP contribution in [0.2, 0.25) is 0 Å². The van der Waals surface area contributed by atoms with Crippen LogP contribution in [0.25, 0.3) is 0 Å². The van der Waals surface area contributed by atoms with E-state index in [0.717, 1.165) is 45.2 Å². The number of rotatable bonds is 2. The van der Waals surface area contributed by atoms with Gasteiger partial charge in [-0.2, -0.15) is 0 Å². The van der Waals surface area contributed by atoms with Gasteiger partial charge in [-0.3, -0.25) is 9.59 Å². The molecule has 0 bridgehead atoms. The monoisotopic (exact) mass is 275 g/mol. The fourth-order valence-electron chi connectivity index (χ4n) is 2.48. The summed E-state index contributed by atoms with van der Waals surface area (Å²) in [7, 11) is 0. The van der Waals surface area contributed by atoms with Gasteiger partial charge in [0.05, 0.1) is 5.54 Å². The van der Waals surface area contributed by atoms with E-state index >= 15 is 0 Å². The highest BCUT2D eigenvalue weighted by atomic mass is 35.5. The van der Waals surface area contributed by atoms with E-state index < -0.39 is 5.54 Å². The first-order chi connectivity index (χ1) is 8.12. The molecule has 2 rings (SSSR count). The van der Waals surface area contributed by atoms with Crippen LogP contribution >= 0.6 is 12.4 Å². The van der Waals surface area contributed by atoms with Crippen LogP contribution in [0.3, 0.4) is 0 Å².